The van der Waals surface area contributed by atoms with Crippen LogP contribution < -0.4 is 11.1 Å². The fraction of sp³-hybridized carbons (Fsp3) is 0.333. The van der Waals surface area contributed by atoms with Crippen LogP contribution in [0.3, 0.4) is 0 Å². The first-order valence-electron chi connectivity index (χ1n) is 9.13. The number of β-lactam (4-membered cyclic amide) rings is 1. The van der Waals surface area contributed by atoms with E-state index in [1.165, 1.54) is 29.0 Å². The number of thiazole rings is 1. The van der Waals surface area contributed by atoms with Crippen LogP contribution in [0, 0.1) is 0 Å². The van der Waals surface area contributed by atoms with Gasteiger partial charge in [-0.3, -0.25) is 19.3 Å². The largest absolute Gasteiger partial charge is 0.428 e. The Kier molecular flexibility index (Phi) is 7.15. The topological polar surface area (TPSA) is 174 Å². The quantitative estimate of drug-likeness (QED) is 0.122. The lowest BCUT2D eigenvalue weighted by Crippen LogP contribution is -2.71. The summed E-state index contributed by atoms with van der Waals surface area (Å²) < 4.78 is 9.59. The van der Waals surface area contributed by atoms with Crippen LogP contribution in [0.5, 0.6) is 0 Å². The van der Waals surface area contributed by atoms with E-state index in [2.05, 4.69) is 20.2 Å². The minimum absolute atomic E-state index is 0.0119. The Morgan fingerprint density at radius 2 is 2.19 bits per heavy atom. The molecule has 0 aliphatic carbocycles. The number of carbonyl (C=O) groups is 4. The summed E-state index contributed by atoms with van der Waals surface area (Å²) in [6.07, 6.45) is 3.39. The molecular weight excluding hydrogens is 462 g/mol. The molecule has 12 nitrogen and oxygen atoms in total. The first kappa shape index (κ1) is 23.3. The van der Waals surface area contributed by atoms with Gasteiger partial charge in [0.2, 0.25) is 6.79 Å². The number of oxime groups is 1. The van der Waals surface area contributed by atoms with Crippen LogP contribution in [-0.2, 0) is 28.7 Å². The SMILES string of the molecule is C/C=C/C1=C(C(=O)OCOC(C)=O)N2C(=O)[C@@H](NC(=O)/C(=N\O)c3csc(N)n3)[C@H]2SC1. The molecule has 2 aliphatic rings. The van der Waals surface area contributed by atoms with Gasteiger partial charge in [0.25, 0.3) is 11.8 Å². The lowest BCUT2D eigenvalue weighted by atomic mass is 10.0. The van der Waals surface area contributed by atoms with Gasteiger partial charge in [0.15, 0.2) is 10.8 Å². The van der Waals surface area contributed by atoms with Crippen molar-refractivity contribution in [3.05, 3.63) is 34.5 Å². The van der Waals surface area contributed by atoms with Gasteiger partial charge in [-0.2, -0.15) is 0 Å². The molecule has 0 aromatic carbocycles. The van der Waals surface area contributed by atoms with Gasteiger partial charge in [0, 0.05) is 18.1 Å². The number of allylic oxidation sites excluding steroid dienone is 2. The normalized spacial score (nSPS) is 20.6. The molecule has 32 heavy (non-hydrogen) atoms. The van der Waals surface area contributed by atoms with E-state index in [4.69, 9.17) is 10.5 Å². The van der Waals surface area contributed by atoms with Crippen molar-refractivity contribution < 1.29 is 33.9 Å². The highest BCUT2D eigenvalue weighted by atomic mass is 32.2. The predicted octanol–water partition coefficient (Wildman–Crippen LogP) is 0.198. The monoisotopic (exact) mass is 481 g/mol. The van der Waals surface area contributed by atoms with Crippen molar-refractivity contribution in [2.45, 2.75) is 25.3 Å². The van der Waals surface area contributed by atoms with E-state index in [1.54, 1.807) is 19.1 Å². The molecule has 170 valence electrons. The van der Waals surface area contributed by atoms with Gasteiger partial charge in [0.05, 0.1) is 0 Å². The molecule has 2 aliphatic heterocycles. The molecule has 0 spiro atoms. The molecule has 0 radical (unpaired) electrons. The first-order chi connectivity index (χ1) is 15.3. The Labute approximate surface area is 190 Å². The van der Waals surface area contributed by atoms with Gasteiger partial charge < -0.3 is 25.7 Å². The van der Waals surface area contributed by atoms with Crippen LogP contribution in [0.1, 0.15) is 19.5 Å². The van der Waals surface area contributed by atoms with E-state index >= 15 is 0 Å². The highest BCUT2D eigenvalue weighted by Gasteiger charge is 2.54. The third kappa shape index (κ3) is 4.60. The number of aromatic nitrogens is 1. The van der Waals surface area contributed by atoms with Crippen molar-refractivity contribution in [2.24, 2.45) is 5.16 Å². The predicted molar refractivity (Wildman–Crippen MR) is 114 cm³/mol. The number of amides is 2. The molecule has 3 heterocycles. The number of hydrogen-bond acceptors (Lipinski definition) is 12. The number of esters is 2. The number of carbonyl (C=O) groups excluding carboxylic acids is 4. The summed E-state index contributed by atoms with van der Waals surface area (Å²) in [5.41, 5.74) is 5.78. The van der Waals surface area contributed by atoms with Gasteiger partial charge in [-0.15, -0.1) is 23.1 Å². The first-order valence-corrected chi connectivity index (χ1v) is 11.1. The maximum absolute atomic E-state index is 12.8. The Balaban J connectivity index is 1.76. The summed E-state index contributed by atoms with van der Waals surface area (Å²) in [5, 5.41) is 15.7. The number of thioether (sulfide) groups is 1. The number of fused-ring (bicyclic) bond motifs is 1. The second-order valence-electron chi connectivity index (χ2n) is 6.44. The van der Waals surface area contributed by atoms with Gasteiger partial charge >= 0.3 is 11.9 Å². The summed E-state index contributed by atoms with van der Waals surface area (Å²) >= 11 is 2.40. The number of nitrogens with one attached hydrogen (secondary N) is 1. The lowest BCUT2D eigenvalue weighted by molar-refractivity contribution is -0.166. The van der Waals surface area contributed by atoms with Gasteiger partial charge in [-0.05, 0) is 12.5 Å². The van der Waals surface area contributed by atoms with Crippen molar-refractivity contribution in [3.8, 4) is 0 Å². The summed E-state index contributed by atoms with van der Waals surface area (Å²) in [6, 6.07) is -0.969. The molecule has 0 unspecified atom stereocenters. The van der Waals surface area contributed by atoms with Crippen LogP contribution in [-0.4, -0.2) is 68.5 Å². The van der Waals surface area contributed by atoms with E-state index in [0.717, 1.165) is 11.3 Å². The Bertz CT molecular complexity index is 1050. The average Bonchev–Trinajstić information content (AvgIpc) is 3.17. The van der Waals surface area contributed by atoms with Crippen molar-refractivity contribution in [3.63, 3.8) is 0 Å². The third-order valence-electron chi connectivity index (χ3n) is 4.38. The van der Waals surface area contributed by atoms with Crippen LogP contribution in [0.25, 0.3) is 0 Å². The van der Waals surface area contributed by atoms with Crippen LogP contribution in [0.4, 0.5) is 5.13 Å². The molecule has 3 rings (SSSR count). The molecule has 1 fully saturated rings. The van der Waals surface area contributed by atoms with Crippen molar-refractivity contribution in [2.75, 3.05) is 18.3 Å². The molecule has 14 heteroatoms. The highest BCUT2D eigenvalue weighted by Crippen LogP contribution is 2.41. The zero-order chi connectivity index (χ0) is 23.4. The number of anilines is 1. The van der Waals surface area contributed by atoms with E-state index in [1.807, 2.05) is 0 Å². The molecular formula is C18H19N5O7S2. The maximum atomic E-state index is 12.8. The Morgan fingerprint density at radius 1 is 1.44 bits per heavy atom. The lowest BCUT2D eigenvalue weighted by Gasteiger charge is -2.49. The second-order valence-corrected chi connectivity index (χ2v) is 8.43. The maximum Gasteiger partial charge on any atom is 0.358 e. The number of rotatable bonds is 7. The Morgan fingerprint density at radius 3 is 2.78 bits per heavy atom. The van der Waals surface area contributed by atoms with Crippen LogP contribution in [0.2, 0.25) is 0 Å². The van der Waals surface area contributed by atoms with E-state index in [9.17, 15) is 24.4 Å². The van der Waals surface area contributed by atoms with Gasteiger partial charge in [-0.25, -0.2) is 9.78 Å². The smallest absolute Gasteiger partial charge is 0.358 e. The molecule has 1 aromatic heterocycles. The van der Waals surface area contributed by atoms with Gasteiger partial charge in [-0.1, -0.05) is 17.3 Å². The number of hydrogen-bond donors (Lipinski definition) is 3. The van der Waals surface area contributed by atoms with E-state index < -0.39 is 47.7 Å². The standard InChI is InChI=1S/C18H19N5O7S2/c1-3-4-9-5-31-16-12(21-14(25)11(22-28)10-6-32-18(19)20-10)15(26)23(16)13(9)17(27)30-7-29-8(2)24/h3-4,6,12,16,28H,5,7H2,1-2H3,(H2,19,20)(H,21,25)/b4-3+,22-11-/t12-,16-/m1/s1. The molecule has 4 N–H and O–H groups in total. The van der Waals surface area contributed by atoms with E-state index in [-0.39, 0.29) is 16.5 Å². The summed E-state index contributed by atoms with van der Waals surface area (Å²) in [6.45, 7) is 2.34. The number of nitrogens with zero attached hydrogens (tertiary/aromatic N) is 3. The Hall–Kier alpha value is -3.39. The van der Waals surface area contributed by atoms with Crippen LogP contribution in [0.15, 0.2) is 34.0 Å². The molecule has 2 amide bonds. The molecule has 1 saturated heterocycles. The summed E-state index contributed by atoms with van der Waals surface area (Å²) in [5.74, 6) is -2.46. The number of ether oxygens (including phenoxy) is 2. The minimum atomic E-state index is -0.969. The fourth-order valence-electron chi connectivity index (χ4n) is 3.01. The average molecular weight is 482 g/mol. The molecule has 2 atom stereocenters. The second kappa shape index (κ2) is 9.82. The fourth-order valence-corrected chi connectivity index (χ4v) is 4.88. The zero-order valence-corrected chi connectivity index (χ0v) is 18.6. The highest BCUT2D eigenvalue weighted by molar-refractivity contribution is 8.00. The third-order valence-corrected chi connectivity index (χ3v) is 6.35. The zero-order valence-electron chi connectivity index (χ0n) is 16.9. The minimum Gasteiger partial charge on any atom is -0.428 e. The number of nitrogens with two attached hydrogens (primary N) is 1. The van der Waals surface area contributed by atoms with E-state index in [0.29, 0.717) is 11.3 Å². The molecule has 1 aromatic rings. The molecule has 0 bridgehead atoms. The van der Waals surface area contributed by atoms with Crippen molar-refractivity contribution in [1.82, 2.24) is 15.2 Å². The van der Waals surface area contributed by atoms with Crippen LogP contribution >= 0.6 is 23.1 Å². The van der Waals surface area contributed by atoms with Crippen molar-refractivity contribution in [1.29, 1.82) is 0 Å². The summed E-state index contributed by atoms with van der Waals surface area (Å²) in [7, 11) is 0. The van der Waals surface area contributed by atoms with Gasteiger partial charge in [0.1, 0.15) is 22.8 Å². The number of nitrogen functional groups attached to an aromatic ring is 1. The molecule has 0 saturated carbocycles. The van der Waals surface area contributed by atoms with Crippen molar-refractivity contribution >= 4 is 57.7 Å². The summed E-state index contributed by atoms with van der Waals surface area (Å²) in [4.78, 5) is 54.0.